The van der Waals surface area contributed by atoms with Gasteiger partial charge in [0.05, 0.1) is 0 Å². The number of halogens is 1. The molecule has 1 amide bonds. The molecule has 0 radical (unpaired) electrons. The molecule has 0 aromatic carbocycles. The average molecular weight is 333 g/mol. The minimum atomic E-state index is -3.82. The molecule has 5 nitrogen and oxygen atoms in total. The third-order valence-corrected chi connectivity index (χ3v) is 5.41. The Morgan fingerprint density at radius 2 is 2.10 bits per heavy atom. The van der Waals surface area contributed by atoms with Gasteiger partial charge in [0, 0.05) is 36.5 Å². The number of aromatic nitrogens is 1. The Morgan fingerprint density at radius 1 is 1.43 bits per heavy atom. The summed E-state index contributed by atoms with van der Waals surface area (Å²) in [7, 11) is 1.55. The summed E-state index contributed by atoms with van der Waals surface area (Å²) in [4.78, 5) is 14.4. The van der Waals surface area contributed by atoms with E-state index in [1.54, 1.807) is 9.47 Å². The molecule has 0 saturated heterocycles. The molecule has 0 bridgehead atoms. The van der Waals surface area contributed by atoms with Crippen LogP contribution in [-0.2, 0) is 15.6 Å². The summed E-state index contributed by atoms with van der Waals surface area (Å²) in [5.41, 5.74) is 0.387. The van der Waals surface area contributed by atoms with Crippen LogP contribution in [0, 0.1) is 5.92 Å². The highest BCUT2D eigenvalue weighted by atomic mass is 35.7. The van der Waals surface area contributed by atoms with Gasteiger partial charge in [-0.05, 0) is 38.7 Å². The Kier molecular flexibility index (Phi) is 4.99. The lowest BCUT2D eigenvalue weighted by atomic mass is 9.85. The van der Waals surface area contributed by atoms with Crippen molar-refractivity contribution >= 4 is 25.6 Å². The summed E-state index contributed by atoms with van der Waals surface area (Å²) in [6.07, 6.45) is 4.99. The molecular weight excluding hydrogens is 312 g/mol. The number of nitrogens with zero attached hydrogens (tertiary/aromatic N) is 2. The van der Waals surface area contributed by atoms with Crippen LogP contribution in [0.3, 0.4) is 0 Å². The van der Waals surface area contributed by atoms with Crippen molar-refractivity contribution < 1.29 is 13.2 Å². The second-order valence-electron chi connectivity index (χ2n) is 5.43. The second kappa shape index (κ2) is 6.40. The highest BCUT2D eigenvalue weighted by molar-refractivity contribution is 8.13. The van der Waals surface area contributed by atoms with Crippen LogP contribution < -0.4 is 0 Å². The lowest BCUT2D eigenvalue weighted by Crippen LogP contribution is -2.38. The highest BCUT2D eigenvalue weighted by Crippen LogP contribution is 2.28. The van der Waals surface area contributed by atoms with E-state index in [-0.39, 0.29) is 10.8 Å². The van der Waals surface area contributed by atoms with Gasteiger partial charge in [0.25, 0.3) is 15.0 Å². The first-order valence-corrected chi connectivity index (χ1v) is 9.61. The molecule has 0 spiro atoms. The summed E-state index contributed by atoms with van der Waals surface area (Å²) in [6, 6.07) is 1.37. The van der Waals surface area contributed by atoms with E-state index in [2.05, 4.69) is 0 Å². The van der Waals surface area contributed by atoms with Crippen molar-refractivity contribution in [3.05, 3.63) is 18.0 Å². The molecule has 7 heteroatoms. The molecule has 1 heterocycles. The van der Waals surface area contributed by atoms with E-state index in [1.165, 1.54) is 31.5 Å². The number of aryl methyl sites for hydroxylation is 1. The molecule has 0 aliphatic heterocycles. The van der Waals surface area contributed by atoms with E-state index in [0.29, 0.717) is 24.7 Å². The van der Waals surface area contributed by atoms with E-state index in [0.717, 1.165) is 6.54 Å². The maximum atomic E-state index is 12.6. The van der Waals surface area contributed by atoms with Crippen molar-refractivity contribution in [2.24, 2.45) is 5.92 Å². The fourth-order valence-electron chi connectivity index (χ4n) is 2.56. The molecule has 0 atom stereocenters. The second-order valence-corrected chi connectivity index (χ2v) is 7.99. The van der Waals surface area contributed by atoms with Gasteiger partial charge in [0.1, 0.15) is 10.6 Å². The van der Waals surface area contributed by atoms with E-state index in [4.69, 9.17) is 10.7 Å². The van der Waals surface area contributed by atoms with Crippen molar-refractivity contribution in [2.75, 3.05) is 13.1 Å². The zero-order chi connectivity index (χ0) is 15.6. The molecule has 1 aromatic heterocycles. The maximum absolute atomic E-state index is 12.6. The summed E-state index contributed by atoms with van der Waals surface area (Å²) in [5.74, 6) is 0.452. The standard InChI is InChI=1S/C14H21ClN2O3S/c1-3-16-10-12(21(15,19)20)8-13(16)14(18)17(4-2)9-11-6-5-7-11/h8,10-11H,3-7,9H2,1-2H3. The molecule has 1 aromatic rings. The maximum Gasteiger partial charge on any atom is 0.270 e. The molecule has 1 aliphatic carbocycles. The predicted octanol–water partition coefficient (Wildman–Crippen LogP) is 2.70. The number of amides is 1. The molecule has 0 unspecified atom stereocenters. The van der Waals surface area contributed by atoms with Crippen molar-refractivity contribution in [1.82, 2.24) is 9.47 Å². The third kappa shape index (κ3) is 3.61. The predicted molar refractivity (Wildman–Crippen MR) is 82.1 cm³/mol. The first-order chi connectivity index (χ1) is 9.86. The smallest absolute Gasteiger partial charge is 0.270 e. The molecular formula is C14H21ClN2O3S. The molecule has 1 aliphatic rings. The van der Waals surface area contributed by atoms with Crippen LogP contribution in [0.15, 0.2) is 17.2 Å². The van der Waals surface area contributed by atoms with Gasteiger partial charge >= 0.3 is 0 Å². The summed E-state index contributed by atoms with van der Waals surface area (Å²) < 4.78 is 24.5. The molecule has 21 heavy (non-hydrogen) atoms. The Morgan fingerprint density at radius 3 is 2.52 bits per heavy atom. The van der Waals surface area contributed by atoms with Crippen molar-refractivity contribution in [2.45, 2.75) is 44.6 Å². The zero-order valence-corrected chi connectivity index (χ0v) is 14.0. The van der Waals surface area contributed by atoms with Crippen LogP contribution in [0.2, 0.25) is 0 Å². The quantitative estimate of drug-likeness (QED) is 0.752. The first-order valence-electron chi connectivity index (χ1n) is 7.30. The normalized spacial score (nSPS) is 15.8. The molecule has 1 saturated carbocycles. The SMILES string of the molecule is CCN(CC1CCC1)C(=O)c1cc(S(=O)(=O)Cl)cn1CC. The number of hydrogen-bond donors (Lipinski definition) is 0. The van der Waals surface area contributed by atoms with E-state index >= 15 is 0 Å². The monoisotopic (exact) mass is 332 g/mol. The summed E-state index contributed by atoms with van der Waals surface area (Å²) >= 11 is 0. The van der Waals surface area contributed by atoms with Crippen LogP contribution in [0.25, 0.3) is 0 Å². The first kappa shape index (κ1) is 16.4. The molecule has 2 rings (SSSR count). The summed E-state index contributed by atoms with van der Waals surface area (Å²) in [5, 5.41) is 0. The van der Waals surface area contributed by atoms with Gasteiger partial charge in [0.15, 0.2) is 0 Å². The number of carbonyl (C=O) groups is 1. The Bertz CT molecular complexity index is 620. The van der Waals surface area contributed by atoms with Gasteiger partial charge in [-0.2, -0.15) is 0 Å². The van der Waals surface area contributed by atoms with Crippen LogP contribution in [-0.4, -0.2) is 36.9 Å². The fraction of sp³-hybridized carbons (Fsp3) is 0.643. The molecule has 118 valence electrons. The Labute approximate surface area is 130 Å². The van der Waals surface area contributed by atoms with E-state index in [9.17, 15) is 13.2 Å². The molecule has 1 fully saturated rings. The number of rotatable bonds is 6. The topological polar surface area (TPSA) is 59.4 Å². The highest BCUT2D eigenvalue weighted by Gasteiger charge is 2.26. The minimum Gasteiger partial charge on any atom is -0.342 e. The summed E-state index contributed by atoms with van der Waals surface area (Å²) in [6.45, 7) is 5.69. The van der Waals surface area contributed by atoms with Gasteiger partial charge in [-0.15, -0.1) is 0 Å². The lowest BCUT2D eigenvalue weighted by molar-refractivity contribution is 0.0695. The minimum absolute atomic E-state index is 0.0194. The lowest BCUT2D eigenvalue weighted by Gasteiger charge is -2.31. The van der Waals surface area contributed by atoms with Crippen LogP contribution in [0.1, 0.15) is 43.6 Å². The van der Waals surface area contributed by atoms with E-state index < -0.39 is 9.05 Å². The number of hydrogen-bond acceptors (Lipinski definition) is 3. The van der Waals surface area contributed by atoms with Crippen molar-refractivity contribution in [1.29, 1.82) is 0 Å². The molecule has 0 N–H and O–H groups in total. The largest absolute Gasteiger partial charge is 0.342 e. The van der Waals surface area contributed by atoms with E-state index in [1.807, 2.05) is 13.8 Å². The van der Waals surface area contributed by atoms with Gasteiger partial charge in [0.2, 0.25) is 0 Å². The van der Waals surface area contributed by atoms with Crippen LogP contribution in [0.4, 0.5) is 0 Å². The van der Waals surface area contributed by atoms with Crippen molar-refractivity contribution in [3.63, 3.8) is 0 Å². The van der Waals surface area contributed by atoms with Crippen molar-refractivity contribution in [3.8, 4) is 0 Å². The van der Waals surface area contributed by atoms with Crippen LogP contribution >= 0.6 is 10.7 Å². The zero-order valence-electron chi connectivity index (χ0n) is 12.4. The fourth-order valence-corrected chi connectivity index (χ4v) is 3.32. The van der Waals surface area contributed by atoms with Gasteiger partial charge in [-0.25, -0.2) is 8.42 Å². The van der Waals surface area contributed by atoms with Gasteiger partial charge in [-0.1, -0.05) is 6.42 Å². The van der Waals surface area contributed by atoms with Gasteiger partial charge < -0.3 is 9.47 Å². The van der Waals surface area contributed by atoms with Gasteiger partial charge in [-0.3, -0.25) is 4.79 Å². The third-order valence-electron chi connectivity index (χ3n) is 4.09. The number of carbonyl (C=O) groups excluding carboxylic acids is 1. The Hall–Kier alpha value is -1.01. The average Bonchev–Trinajstić information content (AvgIpc) is 2.81. The van der Waals surface area contributed by atoms with Crippen LogP contribution in [0.5, 0.6) is 0 Å². The Balaban J connectivity index is 2.25.